The molecule has 0 spiro atoms. The average Bonchev–Trinajstić information content (AvgIpc) is 2.86. The van der Waals surface area contributed by atoms with Crippen molar-refractivity contribution in [2.75, 3.05) is 23.8 Å². The third-order valence-electron chi connectivity index (χ3n) is 2.28. The van der Waals surface area contributed by atoms with Crippen molar-refractivity contribution in [3.8, 4) is 0 Å². The lowest BCUT2D eigenvalue weighted by Gasteiger charge is -2.08. The van der Waals surface area contributed by atoms with E-state index in [2.05, 4.69) is 32.0 Å². The van der Waals surface area contributed by atoms with Gasteiger partial charge in [0.15, 0.2) is 0 Å². The summed E-state index contributed by atoms with van der Waals surface area (Å²) < 4.78 is 0. The summed E-state index contributed by atoms with van der Waals surface area (Å²) >= 11 is 1.71. The Morgan fingerprint density at radius 3 is 2.72 bits per heavy atom. The number of aromatic nitrogens is 2. The Hall–Kier alpha value is -1.66. The second-order valence-electron chi connectivity index (χ2n) is 3.77. The van der Waals surface area contributed by atoms with Gasteiger partial charge < -0.3 is 15.7 Å². The maximum atomic E-state index is 8.77. The van der Waals surface area contributed by atoms with Crippen LogP contribution in [0.25, 0.3) is 0 Å². The highest BCUT2D eigenvalue weighted by molar-refractivity contribution is 7.09. The van der Waals surface area contributed by atoms with Crippen molar-refractivity contribution in [1.82, 2.24) is 9.97 Å². The van der Waals surface area contributed by atoms with E-state index < -0.39 is 0 Å². The molecule has 5 nitrogen and oxygen atoms in total. The van der Waals surface area contributed by atoms with Crippen LogP contribution in [0.1, 0.15) is 10.7 Å². The van der Waals surface area contributed by atoms with Crippen molar-refractivity contribution in [2.24, 2.45) is 0 Å². The smallest absolute Gasteiger partial charge is 0.132 e. The van der Waals surface area contributed by atoms with E-state index >= 15 is 0 Å². The molecule has 0 atom stereocenters. The Morgan fingerprint density at radius 1 is 1.28 bits per heavy atom. The van der Waals surface area contributed by atoms with Crippen LogP contribution in [0.4, 0.5) is 11.6 Å². The molecule has 6 heteroatoms. The molecule has 3 N–H and O–H groups in total. The van der Waals surface area contributed by atoms with Crippen LogP contribution in [-0.4, -0.2) is 28.2 Å². The first-order chi connectivity index (χ1) is 8.78. The van der Waals surface area contributed by atoms with Crippen molar-refractivity contribution >= 4 is 23.0 Å². The summed E-state index contributed by atoms with van der Waals surface area (Å²) in [7, 11) is 0. The first kappa shape index (κ1) is 12.8. The molecule has 2 aromatic heterocycles. The van der Waals surface area contributed by atoms with Crippen molar-refractivity contribution in [1.29, 1.82) is 0 Å². The number of rotatable bonds is 6. The predicted octanol–water partition coefficient (Wildman–Crippen LogP) is 1.86. The fourth-order valence-corrected chi connectivity index (χ4v) is 2.17. The zero-order valence-electron chi connectivity index (χ0n) is 10.2. The Kier molecular flexibility index (Phi) is 4.49. The van der Waals surface area contributed by atoms with Gasteiger partial charge in [0.2, 0.25) is 0 Å². The van der Waals surface area contributed by atoms with E-state index in [4.69, 9.17) is 5.11 Å². The van der Waals surface area contributed by atoms with E-state index in [0.29, 0.717) is 12.4 Å². The number of hydrogen-bond acceptors (Lipinski definition) is 6. The maximum absolute atomic E-state index is 8.77. The number of anilines is 2. The van der Waals surface area contributed by atoms with Crippen molar-refractivity contribution in [2.45, 2.75) is 13.5 Å². The van der Waals surface area contributed by atoms with Gasteiger partial charge in [-0.25, -0.2) is 9.97 Å². The molecule has 18 heavy (non-hydrogen) atoms. The second kappa shape index (κ2) is 6.32. The lowest BCUT2D eigenvalue weighted by atomic mass is 10.4. The summed E-state index contributed by atoms with van der Waals surface area (Å²) in [6, 6.07) is 5.95. The fraction of sp³-hybridized carbons (Fsp3) is 0.333. The summed E-state index contributed by atoms with van der Waals surface area (Å²) in [6.07, 6.45) is 0. The van der Waals surface area contributed by atoms with Gasteiger partial charge in [-0.2, -0.15) is 0 Å². The van der Waals surface area contributed by atoms with Gasteiger partial charge in [-0.15, -0.1) is 11.3 Å². The van der Waals surface area contributed by atoms with Crippen molar-refractivity contribution in [3.63, 3.8) is 0 Å². The SMILES string of the molecule is Cc1nc(NCCO)cc(NCc2cccs2)n1. The predicted molar refractivity (Wildman–Crippen MR) is 74.0 cm³/mol. The highest BCUT2D eigenvalue weighted by Crippen LogP contribution is 2.14. The Labute approximate surface area is 110 Å². The standard InChI is InChI=1S/C12H16N4OS/c1-9-15-11(13-4-5-17)7-12(16-9)14-8-10-3-2-6-18-10/h2-3,6-7,17H,4-5,8H2,1H3,(H2,13,14,15,16). The first-order valence-electron chi connectivity index (χ1n) is 5.74. The quantitative estimate of drug-likeness (QED) is 0.743. The minimum atomic E-state index is 0.0843. The van der Waals surface area contributed by atoms with E-state index in [0.717, 1.165) is 18.2 Å². The van der Waals surface area contributed by atoms with E-state index in [1.165, 1.54) is 4.88 Å². The van der Waals surface area contributed by atoms with E-state index in [-0.39, 0.29) is 6.61 Å². The molecule has 0 bridgehead atoms. The molecule has 0 aliphatic rings. The van der Waals surface area contributed by atoms with Gasteiger partial charge >= 0.3 is 0 Å². The van der Waals surface area contributed by atoms with Crippen molar-refractivity contribution in [3.05, 3.63) is 34.3 Å². The van der Waals surface area contributed by atoms with E-state index in [1.807, 2.05) is 19.1 Å². The van der Waals surface area contributed by atoms with Gasteiger partial charge in [0.25, 0.3) is 0 Å². The molecule has 2 heterocycles. The molecule has 0 amide bonds. The number of nitrogens with zero attached hydrogens (tertiary/aromatic N) is 2. The number of aliphatic hydroxyl groups is 1. The van der Waals surface area contributed by atoms with Gasteiger partial charge in [-0.1, -0.05) is 6.07 Å². The number of aliphatic hydroxyl groups excluding tert-OH is 1. The van der Waals surface area contributed by atoms with E-state index in [1.54, 1.807) is 11.3 Å². The number of hydrogen-bond donors (Lipinski definition) is 3. The molecule has 2 aromatic rings. The fourth-order valence-electron chi connectivity index (χ4n) is 1.52. The second-order valence-corrected chi connectivity index (χ2v) is 4.80. The van der Waals surface area contributed by atoms with Gasteiger partial charge in [-0.3, -0.25) is 0 Å². The molecule has 0 fully saturated rings. The molecule has 96 valence electrons. The van der Waals surface area contributed by atoms with Gasteiger partial charge in [0, 0.05) is 17.5 Å². The number of nitrogens with one attached hydrogen (secondary N) is 2. The number of thiophene rings is 1. The summed E-state index contributed by atoms with van der Waals surface area (Å²) in [5.74, 6) is 2.22. The van der Waals surface area contributed by atoms with Crippen LogP contribution >= 0.6 is 11.3 Å². The molecule has 0 unspecified atom stereocenters. The highest BCUT2D eigenvalue weighted by atomic mass is 32.1. The first-order valence-corrected chi connectivity index (χ1v) is 6.62. The Balaban J connectivity index is 2.00. The lowest BCUT2D eigenvalue weighted by Crippen LogP contribution is -2.09. The van der Waals surface area contributed by atoms with Crippen LogP contribution in [0.2, 0.25) is 0 Å². The van der Waals surface area contributed by atoms with E-state index in [9.17, 15) is 0 Å². The zero-order valence-corrected chi connectivity index (χ0v) is 11.0. The summed E-state index contributed by atoms with van der Waals surface area (Å²) in [5, 5.41) is 17.1. The Bertz CT molecular complexity index is 487. The van der Waals surface area contributed by atoms with Crippen LogP contribution in [0.5, 0.6) is 0 Å². The minimum absolute atomic E-state index is 0.0843. The van der Waals surface area contributed by atoms with Gasteiger partial charge in [-0.05, 0) is 18.4 Å². The number of aryl methyl sites for hydroxylation is 1. The normalized spacial score (nSPS) is 10.3. The third kappa shape index (κ3) is 3.68. The van der Waals surface area contributed by atoms with Crippen LogP contribution in [0, 0.1) is 6.92 Å². The monoisotopic (exact) mass is 264 g/mol. The summed E-state index contributed by atoms with van der Waals surface area (Å²) in [5.41, 5.74) is 0. The Morgan fingerprint density at radius 2 is 2.06 bits per heavy atom. The molecule has 0 aromatic carbocycles. The van der Waals surface area contributed by atoms with Gasteiger partial charge in [0.1, 0.15) is 17.5 Å². The molecule has 0 saturated heterocycles. The highest BCUT2D eigenvalue weighted by Gasteiger charge is 2.01. The largest absolute Gasteiger partial charge is 0.395 e. The third-order valence-corrected chi connectivity index (χ3v) is 3.16. The average molecular weight is 264 g/mol. The van der Waals surface area contributed by atoms with Gasteiger partial charge in [0.05, 0.1) is 13.2 Å². The summed E-state index contributed by atoms with van der Waals surface area (Å²) in [6.45, 7) is 3.18. The topological polar surface area (TPSA) is 70.1 Å². The van der Waals surface area contributed by atoms with Crippen LogP contribution in [0.15, 0.2) is 23.6 Å². The van der Waals surface area contributed by atoms with Crippen LogP contribution in [0.3, 0.4) is 0 Å². The lowest BCUT2D eigenvalue weighted by molar-refractivity contribution is 0.311. The molecule has 0 saturated carbocycles. The zero-order chi connectivity index (χ0) is 12.8. The molecule has 0 radical (unpaired) electrons. The molecule has 2 rings (SSSR count). The van der Waals surface area contributed by atoms with Crippen molar-refractivity contribution < 1.29 is 5.11 Å². The molecule has 0 aliphatic carbocycles. The molecular formula is C12H16N4OS. The minimum Gasteiger partial charge on any atom is -0.395 e. The van der Waals surface area contributed by atoms with Crippen LogP contribution < -0.4 is 10.6 Å². The molecular weight excluding hydrogens is 248 g/mol. The maximum Gasteiger partial charge on any atom is 0.132 e. The molecule has 0 aliphatic heterocycles. The summed E-state index contributed by atoms with van der Waals surface area (Å²) in [4.78, 5) is 9.83. The van der Waals surface area contributed by atoms with Crippen LogP contribution in [-0.2, 0) is 6.54 Å².